The number of piperidine rings is 1. The molecular formula is C20H37ClN4O2. The van der Waals surface area contributed by atoms with Crippen LogP contribution in [0.2, 0.25) is 0 Å². The number of hydrogen-bond donors (Lipinski definition) is 2. The molecule has 6 nitrogen and oxygen atoms in total. The van der Waals surface area contributed by atoms with Crippen LogP contribution >= 0.6 is 12.4 Å². The summed E-state index contributed by atoms with van der Waals surface area (Å²) in [6.07, 6.45) is 9.05. The van der Waals surface area contributed by atoms with Crippen molar-refractivity contribution in [2.75, 3.05) is 39.3 Å². The van der Waals surface area contributed by atoms with Gasteiger partial charge in [0.1, 0.15) is 0 Å². The van der Waals surface area contributed by atoms with Crippen molar-refractivity contribution < 1.29 is 9.59 Å². The summed E-state index contributed by atoms with van der Waals surface area (Å²) in [5.41, 5.74) is 0. The van der Waals surface area contributed by atoms with Crippen LogP contribution < -0.4 is 10.6 Å². The zero-order chi connectivity index (χ0) is 18.4. The highest BCUT2D eigenvalue weighted by Gasteiger charge is 2.28. The molecule has 0 bridgehead atoms. The lowest BCUT2D eigenvalue weighted by molar-refractivity contribution is -0.134. The van der Waals surface area contributed by atoms with E-state index in [4.69, 9.17) is 0 Å². The van der Waals surface area contributed by atoms with Gasteiger partial charge in [-0.2, -0.15) is 0 Å². The van der Waals surface area contributed by atoms with Gasteiger partial charge in [0.05, 0.1) is 0 Å². The highest BCUT2D eigenvalue weighted by atomic mass is 35.5. The van der Waals surface area contributed by atoms with E-state index in [0.717, 1.165) is 25.9 Å². The van der Waals surface area contributed by atoms with Gasteiger partial charge in [0.15, 0.2) is 0 Å². The average molecular weight is 401 g/mol. The lowest BCUT2D eigenvalue weighted by Gasteiger charge is -2.37. The molecule has 27 heavy (non-hydrogen) atoms. The molecule has 2 unspecified atom stereocenters. The van der Waals surface area contributed by atoms with Gasteiger partial charge in [-0.05, 0) is 50.6 Å². The van der Waals surface area contributed by atoms with Crippen LogP contribution in [0, 0.1) is 11.8 Å². The number of carbonyl (C=O) groups excluding carboxylic acids is 2. The number of piperazine rings is 1. The van der Waals surface area contributed by atoms with E-state index in [1.165, 1.54) is 32.1 Å². The van der Waals surface area contributed by atoms with E-state index >= 15 is 0 Å². The molecule has 2 N–H and O–H groups in total. The second-order valence-electron chi connectivity index (χ2n) is 8.44. The molecule has 7 heteroatoms. The van der Waals surface area contributed by atoms with E-state index in [1.807, 2.05) is 9.80 Å². The van der Waals surface area contributed by atoms with Crippen molar-refractivity contribution in [2.24, 2.45) is 11.8 Å². The monoisotopic (exact) mass is 400 g/mol. The summed E-state index contributed by atoms with van der Waals surface area (Å²) in [4.78, 5) is 28.9. The highest BCUT2D eigenvalue weighted by Crippen LogP contribution is 2.23. The van der Waals surface area contributed by atoms with Gasteiger partial charge in [0.2, 0.25) is 5.91 Å². The van der Waals surface area contributed by atoms with E-state index in [0.29, 0.717) is 50.5 Å². The van der Waals surface area contributed by atoms with Crippen LogP contribution in [0.25, 0.3) is 0 Å². The van der Waals surface area contributed by atoms with Gasteiger partial charge in [-0.15, -0.1) is 12.4 Å². The Morgan fingerprint density at radius 1 is 1.00 bits per heavy atom. The lowest BCUT2D eigenvalue weighted by atomic mass is 9.85. The van der Waals surface area contributed by atoms with E-state index in [-0.39, 0.29) is 24.3 Å². The first-order valence-corrected chi connectivity index (χ1v) is 10.7. The molecule has 0 spiro atoms. The van der Waals surface area contributed by atoms with Crippen LogP contribution in [-0.4, -0.2) is 67.0 Å². The third-order valence-electron chi connectivity index (χ3n) is 6.49. The topological polar surface area (TPSA) is 64.7 Å². The molecule has 3 rings (SSSR count). The number of halogens is 1. The van der Waals surface area contributed by atoms with Crippen molar-refractivity contribution in [3.8, 4) is 0 Å². The molecule has 156 valence electrons. The number of nitrogens with zero attached hydrogens (tertiary/aromatic N) is 2. The quantitative estimate of drug-likeness (QED) is 0.762. The van der Waals surface area contributed by atoms with Crippen LogP contribution in [0.15, 0.2) is 0 Å². The molecule has 0 aromatic rings. The molecule has 0 aromatic heterocycles. The van der Waals surface area contributed by atoms with E-state index in [9.17, 15) is 9.59 Å². The van der Waals surface area contributed by atoms with Gasteiger partial charge in [-0.25, -0.2) is 4.79 Å². The maximum Gasteiger partial charge on any atom is 0.317 e. The van der Waals surface area contributed by atoms with Gasteiger partial charge < -0.3 is 20.4 Å². The zero-order valence-corrected chi connectivity index (χ0v) is 17.6. The summed E-state index contributed by atoms with van der Waals surface area (Å²) < 4.78 is 0. The normalized spacial score (nSPS) is 25.4. The molecule has 3 fully saturated rings. The third-order valence-corrected chi connectivity index (χ3v) is 6.49. The minimum Gasteiger partial charge on any atom is -0.339 e. The maximum absolute atomic E-state index is 12.6. The first kappa shape index (κ1) is 22.3. The standard InChI is InChI=1S/C20H36N4O2.ClH/c1-16(17-6-5-9-21-15-17)14-19(25)23-10-12-24(13-11-23)20(26)22-18-7-3-2-4-8-18;/h16-18,21H,2-15H2,1H3,(H,22,26);1H. The van der Waals surface area contributed by atoms with Crippen molar-refractivity contribution in [2.45, 2.75) is 64.3 Å². The Kier molecular flexibility index (Phi) is 9.16. The lowest BCUT2D eigenvalue weighted by Crippen LogP contribution is -2.55. The predicted molar refractivity (Wildman–Crippen MR) is 110 cm³/mol. The fourth-order valence-corrected chi connectivity index (χ4v) is 4.61. The van der Waals surface area contributed by atoms with Crippen LogP contribution in [0.4, 0.5) is 4.79 Å². The Bertz CT molecular complexity index is 471. The molecule has 2 saturated heterocycles. The molecule has 2 atom stereocenters. The second kappa shape index (κ2) is 11.1. The smallest absolute Gasteiger partial charge is 0.317 e. The number of carbonyl (C=O) groups is 2. The van der Waals surface area contributed by atoms with Crippen LogP contribution in [0.3, 0.4) is 0 Å². The van der Waals surface area contributed by atoms with E-state index in [2.05, 4.69) is 17.6 Å². The largest absolute Gasteiger partial charge is 0.339 e. The minimum absolute atomic E-state index is 0. The van der Waals surface area contributed by atoms with Crippen molar-refractivity contribution in [3.05, 3.63) is 0 Å². The summed E-state index contributed by atoms with van der Waals surface area (Å²) in [6, 6.07) is 0.409. The Labute approximate surface area is 170 Å². The molecule has 1 aliphatic carbocycles. The maximum atomic E-state index is 12.6. The summed E-state index contributed by atoms with van der Waals surface area (Å²) in [7, 11) is 0. The first-order chi connectivity index (χ1) is 12.6. The SMILES string of the molecule is CC(CC(=O)N1CCN(C(=O)NC2CCCCC2)CC1)C1CCCNC1.Cl. The Morgan fingerprint density at radius 2 is 1.67 bits per heavy atom. The Morgan fingerprint density at radius 3 is 2.30 bits per heavy atom. The van der Waals surface area contributed by atoms with Crippen LogP contribution in [0.1, 0.15) is 58.3 Å². The summed E-state index contributed by atoms with van der Waals surface area (Å²) in [6.45, 7) is 7.03. The van der Waals surface area contributed by atoms with E-state index < -0.39 is 0 Å². The molecule has 0 aromatic carbocycles. The summed E-state index contributed by atoms with van der Waals surface area (Å²) >= 11 is 0. The molecule has 2 heterocycles. The summed E-state index contributed by atoms with van der Waals surface area (Å²) in [5, 5.41) is 6.63. The van der Waals surface area contributed by atoms with E-state index in [1.54, 1.807) is 0 Å². The second-order valence-corrected chi connectivity index (χ2v) is 8.44. The number of rotatable bonds is 4. The number of amides is 3. The van der Waals surface area contributed by atoms with Crippen molar-refractivity contribution >= 4 is 24.3 Å². The van der Waals surface area contributed by atoms with Gasteiger partial charge in [0, 0.05) is 38.6 Å². The predicted octanol–water partition coefficient (Wildman–Crippen LogP) is 2.62. The summed E-state index contributed by atoms with van der Waals surface area (Å²) in [5.74, 6) is 1.31. The van der Waals surface area contributed by atoms with Gasteiger partial charge in [0.25, 0.3) is 0 Å². The van der Waals surface area contributed by atoms with Gasteiger partial charge in [-0.3, -0.25) is 4.79 Å². The Balaban J connectivity index is 0.00000261. The molecule has 0 radical (unpaired) electrons. The number of nitrogens with one attached hydrogen (secondary N) is 2. The van der Waals surface area contributed by atoms with Gasteiger partial charge in [-0.1, -0.05) is 26.2 Å². The average Bonchev–Trinajstić information content (AvgIpc) is 2.69. The van der Waals surface area contributed by atoms with Crippen molar-refractivity contribution in [1.82, 2.24) is 20.4 Å². The minimum atomic E-state index is 0. The van der Waals surface area contributed by atoms with Crippen LogP contribution in [0.5, 0.6) is 0 Å². The van der Waals surface area contributed by atoms with Crippen molar-refractivity contribution in [1.29, 1.82) is 0 Å². The molecule has 2 aliphatic heterocycles. The zero-order valence-electron chi connectivity index (χ0n) is 16.8. The number of hydrogen-bond acceptors (Lipinski definition) is 3. The number of urea groups is 1. The van der Waals surface area contributed by atoms with Gasteiger partial charge >= 0.3 is 6.03 Å². The molecule has 3 amide bonds. The molecule has 1 saturated carbocycles. The molecule has 3 aliphatic rings. The Hall–Kier alpha value is -1.01. The fourth-order valence-electron chi connectivity index (χ4n) is 4.61. The molecular weight excluding hydrogens is 364 g/mol. The third kappa shape index (κ3) is 6.53. The highest BCUT2D eigenvalue weighted by molar-refractivity contribution is 5.85. The fraction of sp³-hybridized carbons (Fsp3) is 0.900. The van der Waals surface area contributed by atoms with Crippen molar-refractivity contribution in [3.63, 3.8) is 0 Å². The van der Waals surface area contributed by atoms with Crippen LogP contribution in [-0.2, 0) is 4.79 Å². The first-order valence-electron chi connectivity index (χ1n) is 10.7.